The van der Waals surface area contributed by atoms with E-state index in [0.29, 0.717) is 12.1 Å². The summed E-state index contributed by atoms with van der Waals surface area (Å²) in [4.78, 5) is 2.47. The van der Waals surface area contributed by atoms with Crippen LogP contribution < -0.4 is 5.32 Å². The molecule has 0 aromatic carbocycles. The van der Waals surface area contributed by atoms with Crippen LogP contribution in [0.2, 0.25) is 0 Å². The number of hydrogen-bond acceptors (Lipinski definition) is 4. The maximum atomic E-state index is 5.44. The van der Waals surface area contributed by atoms with Gasteiger partial charge in [-0.2, -0.15) is 5.10 Å². The number of piperidine rings is 1. The first-order chi connectivity index (χ1) is 10.8. The van der Waals surface area contributed by atoms with Crippen LogP contribution in [0.1, 0.15) is 43.7 Å². The molecule has 0 radical (unpaired) electrons. The molecule has 22 heavy (non-hydrogen) atoms. The van der Waals surface area contributed by atoms with Crippen molar-refractivity contribution in [3.05, 3.63) is 42.1 Å². The molecule has 2 aromatic heterocycles. The van der Waals surface area contributed by atoms with Crippen molar-refractivity contribution in [3.63, 3.8) is 0 Å². The number of aromatic nitrogens is 2. The average Bonchev–Trinajstić information content (AvgIpc) is 3.18. The van der Waals surface area contributed by atoms with Gasteiger partial charge in [0, 0.05) is 38.4 Å². The van der Waals surface area contributed by atoms with Gasteiger partial charge in [0.1, 0.15) is 5.76 Å². The van der Waals surface area contributed by atoms with Crippen LogP contribution in [0.5, 0.6) is 0 Å². The van der Waals surface area contributed by atoms with Crippen molar-refractivity contribution < 1.29 is 4.42 Å². The van der Waals surface area contributed by atoms with Crippen LogP contribution in [-0.4, -0.2) is 33.8 Å². The summed E-state index contributed by atoms with van der Waals surface area (Å²) in [5, 5.41) is 8.11. The summed E-state index contributed by atoms with van der Waals surface area (Å²) >= 11 is 0. The summed E-state index contributed by atoms with van der Waals surface area (Å²) in [6.45, 7) is 5.41. The predicted octanol–water partition coefficient (Wildman–Crippen LogP) is 2.72. The lowest BCUT2D eigenvalue weighted by Gasteiger charge is -2.34. The largest absolute Gasteiger partial charge is 0.468 e. The van der Waals surface area contributed by atoms with Crippen LogP contribution in [0.15, 0.2) is 35.1 Å². The van der Waals surface area contributed by atoms with Gasteiger partial charge in [-0.15, -0.1) is 0 Å². The fraction of sp³-hybridized carbons (Fsp3) is 0.588. The molecule has 3 heterocycles. The summed E-state index contributed by atoms with van der Waals surface area (Å²) in [6.07, 6.45) is 7.10. The Morgan fingerprint density at radius 1 is 1.36 bits per heavy atom. The zero-order valence-corrected chi connectivity index (χ0v) is 13.5. The Morgan fingerprint density at radius 3 is 2.77 bits per heavy atom. The van der Waals surface area contributed by atoms with E-state index in [4.69, 9.17) is 4.42 Å². The highest BCUT2D eigenvalue weighted by Gasteiger charge is 2.23. The number of aryl methyl sites for hydroxylation is 1. The molecule has 1 fully saturated rings. The standard InChI is InChI=1S/C17H26N4O/c1-3-16(17-6-9-18-20(17)2)19-14-7-10-21(11-8-14)13-15-5-4-12-22-15/h4-6,9,12,14,16,19H,3,7-8,10-11,13H2,1-2H3/t16-/m0/s1. The molecule has 0 unspecified atom stereocenters. The molecule has 5 nitrogen and oxygen atoms in total. The second-order valence-electron chi connectivity index (χ2n) is 6.14. The summed E-state index contributed by atoms with van der Waals surface area (Å²) in [5.74, 6) is 1.06. The molecule has 1 atom stereocenters. The molecular weight excluding hydrogens is 276 g/mol. The smallest absolute Gasteiger partial charge is 0.117 e. The van der Waals surface area contributed by atoms with E-state index in [9.17, 15) is 0 Å². The van der Waals surface area contributed by atoms with E-state index in [2.05, 4.69) is 34.4 Å². The Labute approximate surface area is 132 Å². The molecule has 0 saturated carbocycles. The van der Waals surface area contributed by atoms with Crippen molar-refractivity contribution in [2.24, 2.45) is 7.05 Å². The molecule has 0 amide bonds. The molecule has 2 aromatic rings. The Kier molecular flexibility index (Phi) is 4.95. The lowest BCUT2D eigenvalue weighted by Crippen LogP contribution is -2.43. The van der Waals surface area contributed by atoms with E-state index in [1.807, 2.05) is 24.0 Å². The predicted molar refractivity (Wildman–Crippen MR) is 86.4 cm³/mol. The molecule has 120 valence electrons. The molecule has 5 heteroatoms. The first-order valence-electron chi connectivity index (χ1n) is 8.25. The van der Waals surface area contributed by atoms with Gasteiger partial charge in [-0.25, -0.2) is 0 Å². The number of nitrogens with zero attached hydrogens (tertiary/aromatic N) is 3. The molecule has 0 bridgehead atoms. The van der Waals surface area contributed by atoms with Gasteiger partial charge in [-0.05, 0) is 37.5 Å². The van der Waals surface area contributed by atoms with Crippen molar-refractivity contribution in [3.8, 4) is 0 Å². The number of nitrogens with one attached hydrogen (secondary N) is 1. The summed E-state index contributed by atoms with van der Waals surface area (Å²) in [6, 6.07) is 7.12. The van der Waals surface area contributed by atoms with Gasteiger partial charge in [-0.3, -0.25) is 9.58 Å². The third-order valence-electron chi connectivity index (χ3n) is 4.61. The van der Waals surface area contributed by atoms with E-state index >= 15 is 0 Å². The fourth-order valence-corrected chi connectivity index (χ4v) is 3.30. The number of furan rings is 1. The maximum absolute atomic E-state index is 5.44. The highest BCUT2D eigenvalue weighted by Crippen LogP contribution is 2.20. The lowest BCUT2D eigenvalue weighted by molar-refractivity contribution is 0.172. The Hall–Kier alpha value is -1.59. The van der Waals surface area contributed by atoms with Gasteiger partial charge in [0.15, 0.2) is 0 Å². The molecule has 0 aliphatic carbocycles. The average molecular weight is 302 g/mol. The summed E-state index contributed by atoms with van der Waals surface area (Å²) < 4.78 is 7.42. The Morgan fingerprint density at radius 2 is 2.18 bits per heavy atom. The van der Waals surface area contributed by atoms with Crippen LogP contribution in [0.25, 0.3) is 0 Å². The minimum atomic E-state index is 0.397. The first-order valence-corrected chi connectivity index (χ1v) is 8.25. The number of likely N-dealkylation sites (tertiary alicyclic amines) is 1. The topological polar surface area (TPSA) is 46.2 Å². The van der Waals surface area contributed by atoms with Gasteiger partial charge >= 0.3 is 0 Å². The molecule has 3 rings (SSSR count). The van der Waals surface area contributed by atoms with Crippen LogP contribution >= 0.6 is 0 Å². The molecule has 1 aliphatic rings. The molecule has 1 saturated heterocycles. The van der Waals surface area contributed by atoms with Gasteiger partial charge in [0.2, 0.25) is 0 Å². The summed E-state index contributed by atoms with van der Waals surface area (Å²) in [7, 11) is 2.02. The van der Waals surface area contributed by atoms with Gasteiger partial charge < -0.3 is 9.73 Å². The maximum Gasteiger partial charge on any atom is 0.117 e. The second kappa shape index (κ2) is 7.11. The SMILES string of the molecule is CC[C@H](NC1CCN(Cc2ccco2)CC1)c1ccnn1C. The molecule has 1 aliphatic heterocycles. The first kappa shape index (κ1) is 15.3. The molecular formula is C17H26N4O. The van der Waals surface area contributed by atoms with Crippen molar-refractivity contribution in [2.45, 2.75) is 44.8 Å². The van der Waals surface area contributed by atoms with Crippen molar-refractivity contribution >= 4 is 0 Å². The minimum Gasteiger partial charge on any atom is -0.468 e. The normalized spacial score (nSPS) is 18.6. The third-order valence-corrected chi connectivity index (χ3v) is 4.61. The van der Waals surface area contributed by atoms with Crippen molar-refractivity contribution in [1.29, 1.82) is 0 Å². The second-order valence-corrected chi connectivity index (χ2v) is 6.14. The van der Waals surface area contributed by atoms with E-state index < -0.39 is 0 Å². The van der Waals surface area contributed by atoms with Crippen LogP contribution in [0, 0.1) is 0 Å². The fourth-order valence-electron chi connectivity index (χ4n) is 3.30. The Balaban J connectivity index is 1.50. The van der Waals surface area contributed by atoms with Gasteiger partial charge in [0.05, 0.1) is 18.5 Å². The number of rotatable bonds is 6. The lowest BCUT2D eigenvalue weighted by atomic mass is 10.0. The van der Waals surface area contributed by atoms with Gasteiger partial charge in [-0.1, -0.05) is 6.92 Å². The highest BCUT2D eigenvalue weighted by atomic mass is 16.3. The van der Waals surface area contributed by atoms with Gasteiger partial charge in [0.25, 0.3) is 0 Å². The van der Waals surface area contributed by atoms with E-state index in [-0.39, 0.29) is 0 Å². The van der Waals surface area contributed by atoms with Crippen molar-refractivity contribution in [2.75, 3.05) is 13.1 Å². The zero-order valence-electron chi connectivity index (χ0n) is 13.5. The highest BCUT2D eigenvalue weighted by molar-refractivity contribution is 5.07. The molecule has 1 N–H and O–H groups in total. The third kappa shape index (κ3) is 3.59. The minimum absolute atomic E-state index is 0.397. The quantitative estimate of drug-likeness (QED) is 0.891. The van der Waals surface area contributed by atoms with Crippen LogP contribution in [0.3, 0.4) is 0 Å². The van der Waals surface area contributed by atoms with E-state index in [0.717, 1.165) is 31.8 Å². The van der Waals surface area contributed by atoms with Crippen LogP contribution in [-0.2, 0) is 13.6 Å². The van der Waals surface area contributed by atoms with Crippen molar-refractivity contribution in [1.82, 2.24) is 20.0 Å². The summed E-state index contributed by atoms with van der Waals surface area (Å²) in [5.41, 5.74) is 1.28. The number of hydrogen-bond donors (Lipinski definition) is 1. The van der Waals surface area contributed by atoms with E-state index in [1.54, 1.807) is 6.26 Å². The monoisotopic (exact) mass is 302 g/mol. The zero-order chi connectivity index (χ0) is 15.4. The van der Waals surface area contributed by atoms with E-state index in [1.165, 1.54) is 18.5 Å². The molecule has 0 spiro atoms. The Bertz CT molecular complexity index is 555. The van der Waals surface area contributed by atoms with Crippen LogP contribution in [0.4, 0.5) is 0 Å².